The number of hydrogen-bond donors (Lipinski definition) is 1. The number of fused-ring (bicyclic) bond motifs is 2. The molecule has 2 fully saturated rings. The largest absolute Gasteiger partial charge is 0.315 e. The molecule has 0 aromatic heterocycles. The summed E-state index contributed by atoms with van der Waals surface area (Å²) >= 11 is 0. The molecule has 1 N–H and O–H groups in total. The molecule has 1 aliphatic heterocycles. The zero-order chi connectivity index (χ0) is 11.4. The second kappa shape index (κ2) is 6.02. The van der Waals surface area contributed by atoms with E-state index in [0.717, 1.165) is 18.0 Å². The normalized spacial score (nSPS) is 31.1. The van der Waals surface area contributed by atoms with E-state index in [9.17, 15) is 0 Å². The maximum Gasteiger partial charge on any atom is 0.0223 e. The van der Waals surface area contributed by atoms with E-state index in [1.165, 1.54) is 58.2 Å². The highest BCUT2D eigenvalue weighted by atomic mass is 15.2. The van der Waals surface area contributed by atoms with Crippen molar-refractivity contribution in [3.8, 4) is 0 Å². The first kappa shape index (κ1) is 12.4. The maximum absolute atomic E-state index is 3.61. The van der Waals surface area contributed by atoms with Crippen LogP contribution in [0, 0.1) is 5.92 Å². The van der Waals surface area contributed by atoms with Crippen molar-refractivity contribution >= 4 is 0 Å². The van der Waals surface area contributed by atoms with Crippen LogP contribution in [0.15, 0.2) is 0 Å². The van der Waals surface area contributed by atoms with Crippen LogP contribution in [-0.4, -0.2) is 36.6 Å². The van der Waals surface area contributed by atoms with Crippen LogP contribution in [0.25, 0.3) is 0 Å². The van der Waals surface area contributed by atoms with Crippen LogP contribution in [0.5, 0.6) is 0 Å². The number of piperidine rings is 1. The van der Waals surface area contributed by atoms with E-state index in [1.807, 2.05) is 0 Å². The lowest BCUT2D eigenvalue weighted by molar-refractivity contribution is 0.138. The zero-order valence-electron chi connectivity index (χ0n) is 11.0. The minimum absolute atomic E-state index is 0.812. The Morgan fingerprint density at radius 3 is 2.69 bits per heavy atom. The van der Waals surface area contributed by atoms with Crippen LogP contribution < -0.4 is 5.32 Å². The summed E-state index contributed by atoms with van der Waals surface area (Å²) in [6.07, 6.45) is 8.42. The maximum atomic E-state index is 3.61. The van der Waals surface area contributed by atoms with E-state index in [1.54, 1.807) is 0 Å². The van der Waals surface area contributed by atoms with Crippen molar-refractivity contribution in [3.63, 3.8) is 0 Å². The minimum atomic E-state index is 0.812. The average Bonchev–Trinajstić information content (AvgIpc) is 2.90. The van der Waals surface area contributed by atoms with Gasteiger partial charge in [-0.2, -0.15) is 0 Å². The lowest BCUT2D eigenvalue weighted by Crippen LogP contribution is -2.46. The van der Waals surface area contributed by atoms with Gasteiger partial charge in [0.25, 0.3) is 0 Å². The lowest BCUT2D eigenvalue weighted by atomic mass is 10.0. The molecule has 1 saturated heterocycles. The number of nitrogens with one attached hydrogen (secondary N) is 1. The lowest BCUT2D eigenvalue weighted by Gasteiger charge is -2.35. The SMILES string of the molecule is CCCNCC(CCC)N1CC2CCC1C2. The van der Waals surface area contributed by atoms with Crippen LogP contribution in [0.2, 0.25) is 0 Å². The molecule has 2 nitrogen and oxygen atoms in total. The molecule has 2 aliphatic rings. The third-order valence-corrected chi connectivity index (χ3v) is 4.35. The standard InChI is InChI=1S/C14H28N2/c1-3-5-14(10-15-8-4-2)16-11-12-6-7-13(16)9-12/h12-15H,3-11H2,1-2H3. The van der Waals surface area contributed by atoms with Gasteiger partial charge >= 0.3 is 0 Å². The molecule has 3 atom stereocenters. The third kappa shape index (κ3) is 2.78. The summed E-state index contributed by atoms with van der Waals surface area (Å²) in [5, 5.41) is 3.61. The summed E-state index contributed by atoms with van der Waals surface area (Å²) in [7, 11) is 0. The van der Waals surface area contributed by atoms with Gasteiger partial charge in [-0.25, -0.2) is 0 Å². The first-order valence-electron chi connectivity index (χ1n) is 7.31. The molecule has 3 unspecified atom stereocenters. The topological polar surface area (TPSA) is 15.3 Å². The van der Waals surface area contributed by atoms with Gasteiger partial charge in [-0.05, 0) is 44.6 Å². The molecule has 2 rings (SSSR count). The quantitative estimate of drug-likeness (QED) is 0.669. The average molecular weight is 224 g/mol. The predicted molar refractivity (Wildman–Crippen MR) is 69.7 cm³/mol. The molecule has 0 radical (unpaired) electrons. The molecule has 0 spiro atoms. The first-order valence-corrected chi connectivity index (χ1v) is 7.31. The molecule has 1 saturated carbocycles. The molecule has 1 aliphatic carbocycles. The van der Waals surface area contributed by atoms with Crippen molar-refractivity contribution in [1.29, 1.82) is 0 Å². The van der Waals surface area contributed by atoms with Gasteiger partial charge in [0.2, 0.25) is 0 Å². The van der Waals surface area contributed by atoms with Crippen LogP contribution >= 0.6 is 0 Å². The molecule has 94 valence electrons. The highest BCUT2D eigenvalue weighted by molar-refractivity contribution is 4.95. The van der Waals surface area contributed by atoms with Crippen molar-refractivity contribution in [1.82, 2.24) is 10.2 Å². The van der Waals surface area contributed by atoms with Gasteiger partial charge < -0.3 is 5.32 Å². The van der Waals surface area contributed by atoms with E-state index < -0.39 is 0 Å². The summed E-state index contributed by atoms with van der Waals surface area (Å²) in [5.41, 5.74) is 0. The van der Waals surface area contributed by atoms with Crippen molar-refractivity contribution in [2.24, 2.45) is 5.92 Å². The fraction of sp³-hybridized carbons (Fsp3) is 1.00. The predicted octanol–water partition coefficient (Wildman–Crippen LogP) is 2.64. The Hall–Kier alpha value is -0.0800. The smallest absolute Gasteiger partial charge is 0.0223 e. The molecular formula is C14H28N2. The zero-order valence-corrected chi connectivity index (χ0v) is 11.0. The fourth-order valence-corrected chi connectivity index (χ4v) is 3.57. The van der Waals surface area contributed by atoms with Crippen molar-refractivity contribution in [2.45, 2.75) is 64.5 Å². The molecule has 0 aromatic rings. The van der Waals surface area contributed by atoms with Crippen LogP contribution in [-0.2, 0) is 0 Å². The van der Waals surface area contributed by atoms with Gasteiger partial charge in [0, 0.05) is 25.2 Å². The molecule has 2 bridgehead atoms. The van der Waals surface area contributed by atoms with Gasteiger partial charge in [-0.15, -0.1) is 0 Å². The summed E-state index contributed by atoms with van der Waals surface area (Å²) < 4.78 is 0. The van der Waals surface area contributed by atoms with Crippen molar-refractivity contribution < 1.29 is 0 Å². The molecular weight excluding hydrogens is 196 g/mol. The Labute approximate surface area is 101 Å². The Balaban J connectivity index is 1.81. The Morgan fingerprint density at radius 1 is 1.25 bits per heavy atom. The number of rotatable bonds is 7. The molecule has 0 amide bonds. The Bertz CT molecular complexity index is 205. The minimum Gasteiger partial charge on any atom is -0.315 e. The van der Waals surface area contributed by atoms with Crippen molar-refractivity contribution in [2.75, 3.05) is 19.6 Å². The summed E-state index contributed by atoms with van der Waals surface area (Å²) in [6.45, 7) is 8.36. The Morgan fingerprint density at radius 2 is 2.12 bits per heavy atom. The van der Waals surface area contributed by atoms with Gasteiger partial charge in [0.05, 0.1) is 0 Å². The number of likely N-dealkylation sites (tertiary alicyclic amines) is 1. The molecule has 0 aromatic carbocycles. The molecule has 16 heavy (non-hydrogen) atoms. The van der Waals surface area contributed by atoms with Gasteiger partial charge in [-0.3, -0.25) is 4.90 Å². The summed E-state index contributed by atoms with van der Waals surface area (Å²) in [4.78, 5) is 2.82. The highest BCUT2D eigenvalue weighted by Gasteiger charge is 2.40. The van der Waals surface area contributed by atoms with Gasteiger partial charge in [0.1, 0.15) is 0 Å². The number of hydrogen-bond acceptors (Lipinski definition) is 2. The van der Waals surface area contributed by atoms with E-state index >= 15 is 0 Å². The van der Waals surface area contributed by atoms with Crippen molar-refractivity contribution in [3.05, 3.63) is 0 Å². The van der Waals surface area contributed by atoms with Gasteiger partial charge in [-0.1, -0.05) is 20.3 Å². The second-order valence-corrected chi connectivity index (χ2v) is 5.68. The van der Waals surface area contributed by atoms with E-state index in [-0.39, 0.29) is 0 Å². The summed E-state index contributed by atoms with van der Waals surface area (Å²) in [5.74, 6) is 1.04. The monoisotopic (exact) mass is 224 g/mol. The second-order valence-electron chi connectivity index (χ2n) is 5.68. The van der Waals surface area contributed by atoms with Crippen LogP contribution in [0.3, 0.4) is 0 Å². The summed E-state index contributed by atoms with van der Waals surface area (Å²) in [6, 6.07) is 1.75. The van der Waals surface area contributed by atoms with E-state index in [0.29, 0.717) is 0 Å². The first-order chi connectivity index (χ1) is 7.85. The molecule has 2 heteroatoms. The third-order valence-electron chi connectivity index (χ3n) is 4.35. The molecule has 1 heterocycles. The van der Waals surface area contributed by atoms with E-state index in [2.05, 4.69) is 24.1 Å². The van der Waals surface area contributed by atoms with Crippen LogP contribution in [0.1, 0.15) is 52.4 Å². The van der Waals surface area contributed by atoms with E-state index in [4.69, 9.17) is 0 Å². The van der Waals surface area contributed by atoms with Crippen LogP contribution in [0.4, 0.5) is 0 Å². The number of nitrogens with zero attached hydrogens (tertiary/aromatic N) is 1. The van der Waals surface area contributed by atoms with Gasteiger partial charge in [0.15, 0.2) is 0 Å². The Kier molecular flexibility index (Phi) is 4.66. The highest BCUT2D eigenvalue weighted by Crippen LogP contribution is 2.38. The fourth-order valence-electron chi connectivity index (χ4n) is 3.57.